The summed E-state index contributed by atoms with van der Waals surface area (Å²) in [6, 6.07) is 23.1. The van der Waals surface area contributed by atoms with E-state index in [9.17, 15) is 19.5 Å². The number of rotatable bonds is 16. The number of piperidine rings is 1. The van der Waals surface area contributed by atoms with Crippen molar-refractivity contribution >= 4 is 34.6 Å². The lowest BCUT2D eigenvalue weighted by atomic mass is 9.87. The summed E-state index contributed by atoms with van der Waals surface area (Å²) in [5, 5.41) is 15.8. The van der Waals surface area contributed by atoms with Crippen molar-refractivity contribution in [2.24, 2.45) is 0 Å². The first-order valence-electron chi connectivity index (χ1n) is 19.4. The second-order valence-corrected chi connectivity index (χ2v) is 14.3. The van der Waals surface area contributed by atoms with E-state index in [1.165, 1.54) is 11.1 Å². The fraction of sp³-hybridized carbons (Fsp3) is 0.356. The number of aromatic hydroxyl groups is 1. The van der Waals surface area contributed by atoms with E-state index in [0.717, 1.165) is 99.5 Å². The third kappa shape index (κ3) is 9.64. The van der Waals surface area contributed by atoms with Crippen molar-refractivity contribution in [1.82, 2.24) is 20.0 Å². The molecule has 3 aliphatic heterocycles. The van der Waals surface area contributed by atoms with Crippen LogP contribution in [0.1, 0.15) is 72.5 Å². The van der Waals surface area contributed by atoms with Crippen LogP contribution in [0.25, 0.3) is 11.1 Å². The van der Waals surface area contributed by atoms with Gasteiger partial charge in [0.1, 0.15) is 11.8 Å². The summed E-state index contributed by atoms with van der Waals surface area (Å²) in [4.78, 5) is 43.6. The predicted octanol–water partition coefficient (Wildman–Crippen LogP) is 7.04. The molecule has 9 heteroatoms. The Morgan fingerprint density at radius 3 is 2.33 bits per heavy atom. The molecule has 3 aromatic rings. The molecule has 282 valence electrons. The van der Waals surface area contributed by atoms with Gasteiger partial charge in [0, 0.05) is 56.9 Å². The largest absolute Gasteiger partial charge is 0.508 e. The minimum atomic E-state index is -0.593. The molecule has 0 aliphatic carbocycles. The lowest BCUT2D eigenvalue weighted by molar-refractivity contribution is -0.136. The van der Waals surface area contributed by atoms with Crippen LogP contribution in [-0.2, 0) is 16.1 Å². The average Bonchev–Trinajstić information content (AvgIpc) is 3.51. The van der Waals surface area contributed by atoms with Gasteiger partial charge in [-0.3, -0.25) is 19.7 Å². The average molecular weight is 728 g/mol. The maximum atomic E-state index is 13.0. The van der Waals surface area contributed by atoms with Crippen molar-refractivity contribution in [2.75, 3.05) is 51.1 Å². The van der Waals surface area contributed by atoms with E-state index < -0.39 is 6.04 Å². The zero-order valence-electron chi connectivity index (χ0n) is 31.4. The molecule has 6 rings (SSSR count). The van der Waals surface area contributed by atoms with Crippen LogP contribution in [0.5, 0.6) is 5.75 Å². The predicted molar refractivity (Wildman–Crippen MR) is 217 cm³/mol. The number of phenols is 1. The topological polar surface area (TPSA) is 105 Å². The molecule has 3 aliphatic rings. The second kappa shape index (κ2) is 18.7. The van der Waals surface area contributed by atoms with E-state index in [-0.39, 0.29) is 29.9 Å². The standard InChI is InChI=1S/C45H53N5O4/c1-3-33(43(35-16-19-38(51)20-17-35)39(4-2)34-14-9-7-10-15-34)13-8-5-6-11-25-48-27-29-49(30-28-48)26-12-24-46-37-18-21-40-36(31-37)32-50(45(40)54)41-22-23-42(52)47-44(41)53/h3,5,7-10,13-21,31,41,46,51H,1,4,6,11-12,22-30,32H2,2H3,(H,47,52,53)/b8-5+,33-13+,43-39+. The number of nitrogens with zero attached hydrogens (tertiary/aromatic N) is 3. The molecule has 3 heterocycles. The second-order valence-electron chi connectivity index (χ2n) is 14.3. The molecule has 3 N–H and O–H groups in total. The molecule has 0 bridgehead atoms. The van der Waals surface area contributed by atoms with Gasteiger partial charge in [-0.15, -0.1) is 0 Å². The van der Waals surface area contributed by atoms with Crippen LogP contribution in [0, 0.1) is 0 Å². The summed E-state index contributed by atoms with van der Waals surface area (Å²) in [5.41, 5.74) is 8.22. The van der Waals surface area contributed by atoms with Gasteiger partial charge in [-0.1, -0.05) is 80.3 Å². The van der Waals surface area contributed by atoms with Crippen molar-refractivity contribution in [3.8, 4) is 5.75 Å². The van der Waals surface area contributed by atoms with E-state index >= 15 is 0 Å². The first kappa shape index (κ1) is 38.5. The molecule has 3 aromatic carbocycles. The van der Waals surface area contributed by atoms with Crippen molar-refractivity contribution in [3.05, 3.63) is 132 Å². The molecule has 0 radical (unpaired) electrons. The van der Waals surface area contributed by atoms with Crippen LogP contribution >= 0.6 is 0 Å². The fourth-order valence-electron chi connectivity index (χ4n) is 7.72. The van der Waals surface area contributed by atoms with Crippen molar-refractivity contribution in [3.63, 3.8) is 0 Å². The normalized spacial score (nSPS) is 18.8. The number of benzene rings is 3. The fourth-order valence-corrected chi connectivity index (χ4v) is 7.72. The van der Waals surface area contributed by atoms with E-state index in [1.54, 1.807) is 17.0 Å². The maximum Gasteiger partial charge on any atom is 0.255 e. The van der Waals surface area contributed by atoms with Crippen LogP contribution in [0.2, 0.25) is 0 Å². The molecule has 2 fully saturated rings. The minimum Gasteiger partial charge on any atom is -0.508 e. The first-order chi connectivity index (χ1) is 26.3. The number of nitrogens with one attached hydrogen (secondary N) is 2. The Labute approximate surface area is 319 Å². The highest BCUT2D eigenvalue weighted by Gasteiger charge is 2.39. The summed E-state index contributed by atoms with van der Waals surface area (Å²) in [6.07, 6.45) is 13.1. The Hall–Kier alpha value is -5.25. The minimum absolute atomic E-state index is 0.143. The monoisotopic (exact) mass is 727 g/mol. The third-order valence-corrected chi connectivity index (χ3v) is 10.7. The van der Waals surface area contributed by atoms with Crippen molar-refractivity contribution < 1.29 is 19.5 Å². The lowest BCUT2D eigenvalue weighted by Crippen LogP contribution is -2.52. The summed E-state index contributed by atoms with van der Waals surface area (Å²) < 4.78 is 0. The van der Waals surface area contributed by atoms with Crippen LogP contribution in [-0.4, -0.2) is 89.4 Å². The SMILES string of the molecule is C=CC(=C\C=C\CCCN1CCN(CCCNc2ccc3c(c2)CN(C2CCC(=O)NC2=O)C3=O)CC1)/C(=C(/CC)c1ccccc1)c1ccc(O)cc1. The van der Waals surface area contributed by atoms with Crippen molar-refractivity contribution in [2.45, 2.75) is 58.0 Å². The van der Waals surface area contributed by atoms with Crippen molar-refractivity contribution in [1.29, 1.82) is 0 Å². The van der Waals surface area contributed by atoms with E-state index in [4.69, 9.17) is 0 Å². The zero-order valence-corrected chi connectivity index (χ0v) is 31.4. The highest BCUT2D eigenvalue weighted by atomic mass is 16.3. The lowest BCUT2D eigenvalue weighted by Gasteiger charge is -2.34. The van der Waals surface area contributed by atoms with E-state index in [0.29, 0.717) is 18.5 Å². The number of anilines is 1. The van der Waals surface area contributed by atoms with Gasteiger partial charge in [0.15, 0.2) is 0 Å². The van der Waals surface area contributed by atoms with Gasteiger partial charge in [0.25, 0.3) is 5.91 Å². The van der Waals surface area contributed by atoms with Gasteiger partial charge in [0.2, 0.25) is 11.8 Å². The molecule has 1 unspecified atom stereocenters. The molecule has 9 nitrogen and oxygen atoms in total. The number of carbonyl (C=O) groups is 3. The Morgan fingerprint density at radius 1 is 0.926 bits per heavy atom. The van der Waals surface area contributed by atoms with Gasteiger partial charge < -0.3 is 25.1 Å². The van der Waals surface area contributed by atoms with Crippen LogP contribution in [0.4, 0.5) is 5.69 Å². The van der Waals surface area contributed by atoms with Gasteiger partial charge in [0.05, 0.1) is 0 Å². The Morgan fingerprint density at radius 2 is 1.65 bits per heavy atom. The summed E-state index contributed by atoms with van der Waals surface area (Å²) in [5.74, 6) is -0.547. The highest BCUT2D eigenvalue weighted by Crippen LogP contribution is 2.35. The smallest absolute Gasteiger partial charge is 0.255 e. The summed E-state index contributed by atoms with van der Waals surface area (Å²) in [6.45, 7) is 14.0. The Bertz CT molecular complexity index is 1890. The Kier molecular flexibility index (Phi) is 13.3. The maximum absolute atomic E-state index is 13.0. The van der Waals surface area contributed by atoms with Crippen LogP contribution < -0.4 is 10.6 Å². The van der Waals surface area contributed by atoms with Gasteiger partial charge >= 0.3 is 0 Å². The first-order valence-corrected chi connectivity index (χ1v) is 19.4. The molecule has 54 heavy (non-hydrogen) atoms. The van der Waals surface area contributed by atoms with Gasteiger partial charge in [-0.05, 0) is 109 Å². The third-order valence-electron chi connectivity index (χ3n) is 10.7. The number of carbonyl (C=O) groups excluding carboxylic acids is 3. The van der Waals surface area contributed by atoms with E-state index in [1.807, 2.05) is 42.5 Å². The number of allylic oxidation sites excluding steroid dienone is 7. The molecular formula is C45H53N5O4. The van der Waals surface area contributed by atoms with Crippen LogP contribution in [0.3, 0.4) is 0 Å². The Balaban J connectivity index is 0.912. The zero-order chi connectivity index (χ0) is 37.9. The number of hydrogen-bond donors (Lipinski definition) is 3. The number of piperazine rings is 1. The number of phenolic OH excluding ortho intramolecular Hbond substituents is 1. The molecular weight excluding hydrogens is 675 g/mol. The quantitative estimate of drug-likeness (QED) is 0.0630. The molecule has 1 atom stereocenters. The molecule has 3 amide bonds. The number of hydrogen-bond acceptors (Lipinski definition) is 7. The van der Waals surface area contributed by atoms with Gasteiger partial charge in [-0.2, -0.15) is 0 Å². The summed E-state index contributed by atoms with van der Waals surface area (Å²) in [7, 11) is 0. The number of amides is 3. The number of fused-ring (bicyclic) bond motifs is 1. The number of imide groups is 1. The number of unbranched alkanes of at least 4 members (excludes halogenated alkanes) is 1. The molecule has 2 saturated heterocycles. The molecule has 0 saturated carbocycles. The van der Waals surface area contributed by atoms with E-state index in [2.05, 4.69) is 76.4 Å². The van der Waals surface area contributed by atoms with Crippen LogP contribution in [0.15, 0.2) is 109 Å². The van der Waals surface area contributed by atoms with Gasteiger partial charge in [-0.25, -0.2) is 0 Å². The highest BCUT2D eigenvalue weighted by molar-refractivity contribution is 6.05. The summed E-state index contributed by atoms with van der Waals surface area (Å²) >= 11 is 0. The molecule has 0 aromatic heterocycles. The molecule has 0 spiro atoms.